The van der Waals surface area contributed by atoms with Crippen LogP contribution in [0.4, 0.5) is 0 Å². The molecule has 0 aliphatic carbocycles. The van der Waals surface area contributed by atoms with Crippen molar-refractivity contribution in [3.63, 3.8) is 0 Å². The smallest absolute Gasteiger partial charge is 0.281 e. The fourth-order valence-corrected chi connectivity index (χ4v) is 1.60. The lowest BCUT2D eigenvalue weighted by Gasteiger charge is -1.95. The molecule has 6 heteroatoms. The van der Waals surface area contributed by atoms with Crippen LogP contribution in [0.25, 0.3) is 10.9 Å². The number of aromatic nitrogens is 1. The van der Waals surface area contributed by atoms with Crippen molar-refractivity contribution in [3.05, 3.63) is 36.0 Å². The lowest BCUT2D eigenvalue weighted by Crippen LogP contribution is -2.25. The quantitative estimate of drug-likeness (QED) is 0.666. The minimum absolute atomic E-state index is 0.263. The van der Waals surface area contributed by atoms with Crippen molar-refractivity contribution in [1.82, 2.24) is 9.71 Å². The third kappa shape index (κ3) is 2.05. The molecule has 1 atom stereocenters. The number of H-pyrrole nitrogens is 1. The van der Waals surface area contributed by atoms with E-state index in [1.54, 1.807) is 6.07 Å². The van der Waals surface area contributed by atoms with E-state index in [1.807, 2.05) is 29.0 Å². The fraction of sp³-hybridized carbons (Fsp3) is 0. The number of carbonyl (C=O) groups excluding carboxylic acids is 1. The topological polar surface area (TPSA) is 82.2 Å². The summed E-state index contributed by atoms with van der Waals surface area (Å²) in [7, 11) is 0. The van der Waals surface area contributed by atoms with Crippen LogP contribution >= 0.6 is 0 Å². The second-order valence-corrected chi connectivity index (χ2v) is 3.65. The van der Waals surface area contributed by atoms with E-state index in [2.05, 4.69) is 4.98 Å². The van der Waals surface area contributed by atoms with E-state index < -0.39 is 17.2 Å². The Bertz CT molecular complexity index is 502. The van der Waals surface area contributed by atoms with Crippen LogP contribution < -0.4 is 4.72 Å². The number of nitrogens with one attached hydrogen (secondary N) is 2. The van der Waals surface area contributed by atoms with Crippen LogP contribution in [0.2, 0.25) is 0 Å². The van der Waals surface area contributed by atoms with Crippen LogP contribution in [0, 0.1) is 0 Å². The highest BCUT2D eigenvalue weighted by Gasteiger charge is 2.10. The first kappa shape index (κ1) is 9.88. The van der Waals surface area contributed by atoms with Gasteiger partial charge in [-0.1, -0.05) is 18.2 Å². The Hall–Kier alpha value is -1.66. The Morgan fingerprint density at radius 2 is 2.13 bits per heavy atom. The first-order valence-electron chi connectivity index (χ1n) is 4.16. The highest BCUT2D eigenvalue weighted by molar-refractivity contribution is 7.77. The predicted octanol–water partition coefficient (Wildman–Crippen LogP) is 1.03. The third-order valence-corrected chi connectivity index (χ3v) is 2.31. The zero-order chi connectivity index (χ0) is 10.8. The molecule has 0 saturated heterocycles. The molecule has 2 rings (SSSR count). The molecule has 1 amide bonds. The van der Waals surface area contributed by atoms with Crippen molar-refractivity contribution in [1.29, 1.82) is 0 Å². The molecule has 0 aliphatic heterocycles. The Balaban J connectivity index is 2.36. The van der Waals surface area contributed by atoms with Crippen LogP contribution in [0.15, 0.2) is 30.3 Å². The Morgan fingerprint density at radius 3 is 2.80 bits per heavy atom. The zero-order valence-electron chi connectivity index (χ0n) is 7.56. The molecular formula is C9H8N2O3S. The summed E-state index contributed by atoms with van der Waals surface area (Å²) in [5.74, 6) is -0.605. The number of fused-ring (bicyclic) bond motifs is 1. The van der Waals surface area contributed by atoms with E-state index >= 15 is 0 Å². The van der Waals surface area contributed by atoms with Crippen molar-refractivity contribution in [3.8, 4) is 0 Å². The second-order valence-electron chi connectivity index (χ2n) is 2.95. The SMILES string of the molecule is O=C(NS(=O)O)c1cc2ccccc2[nH]1. The van der Waals surface area contributed by atoms with Crippen LogP contribution in [-0.2, 0) is 11.3 Å². The van der Waals surface area contributed by atoms with Crippen molar-refractivity contribution < 1.29 is 13.6 Å². The molecule has 0 fully saturated rings. The van der Waals surface area contributed by atoms with Gasteiger partial charge in [0.05, 0.1) is 0 Å². The summed E-state index contributed by atoms with van der Waals surface area (Å²) < 4.78 is 20.7. The number of carbonyl (C=O) groups is 1. The van der Waals surface area contributed by atoms with Crippen molar-refractivity contribution in [2.75, 3.05) is 0 Å². The summed E-state index contributed by atoms with van der Waals surface area (Å²) in [5.41, 5.74) is 1.07. The number of hydrogen-bond acceptors (Lipinski definition) is 2. The van der Waals surface area contributed by atoms with Gasteiger partial charge >= 0.3 is 0 Å². The van der Waals surface area contributed by atoms with E-state index in [0.29, 0.717) is 0 Å². The summed E-state index contributed by atoms with van der Waals surface area (Å²) in [6.07, 6.45) is 0. The van der Waals surface area contributed by atoms with E-state index in [-0.39, 0.29) is 5.69 Å². The van der Waals surface area contributed by atoms with Gasteiger partial charge in [0.2, 0.25) is 0 Å². The first-order chi connectivity index (χ1) is 7.16. The Labute approximate surface area is 87.9 Å². The largest absolute Gasteiger partial charge is 0.351 e. The predicted molar refractivity (Wildman–Crippen MR) is 56.5 cm³/mol. The van der Waals surface area contributed by atoms with Crippen molar-refractivity contribution >= 4 is 28.1 Å². The van der Waals surface area contributed by atoms with Crippen molar-refractivity contribution in [2.45, 2.75) is 0 Å². The molecule has 78 valence electrons. The fourth-order valence-electron chi connectivity index (χ4n) is 1.33. The van der Waals surface area contributed by atoms with E-state index in [0.717, 1.165) is 10.9 Å². The van der Waals surface area contributed by atoms with Crippen LogP contribution in [0.1, 0.15) is 10.5 Å². The Morgan fingerprint density at radius 1 is 1.40 bits per heavy atom. The van der Waals surface area contributed by atoms with E-state index in [1.165, 1.54) is 0 Å². The molecule has 0 radical (unpaired) electrons. The van der Waals surface area contributed by atoms with Gasteiger partial charge in [0.15, 0.2) is 0 Å². The molecule has 3 N–H and O–H groups in total. The average molecular weight is 224 g/mol. The van der Waals surface area contributed by atoms with Crippen LogP contribution in [0.5, 0.6) is 0 Å². The normalized spacial score (nSPS) is 12.6. The van der Waals surface area contributed by atoms with Gasteiger partial charge < -0.3 is 4.98 Å². The summed E-state index contributed by atoms with van der Waals surface area (Å²) in [4.78, 5) is 14.2. The van der Waals surface area contributed by atoms with Crippen LogP contribution in [-0.4, -0.2) is 19.7 Å². The van der Waals surface area contributed by atoms with E-state index in [9.17, 15) is 9.00 Å². The average Bonchev–Trinajstić information content (AvgIpc) is 2.59. The van der Waals surface area contributed by atoms with Gasteiger partial charge in [-0.15, -0.1) is 0 Å². The number of para-hydroxylation sites is 1. The van der Waals surface area contributed by atoms with Gasteiger partial charge in [-0.2, -0.15) is 0 Å². The summed E-state index contributed by atoms with van der Waals surface area (Å²) in [5, 5.41) is 0.881. The molecular weight excluding hydrogens is 216 g/mol. The number of aromatic amines is 1. The molecule has 1 heterocycles. The molecule has 1 unspecified atom stereocenters. The highest BCUT2D eigenvalue weighted by Crippen LogP contribution is 2.14. The molecule has 2 aromatic rings. The number of amides is 1. The standard InChI is InChI=1S/C9H8N2O3S/c12-9(11-15(13)14)8-5-6-3-1-2-4-7(6)10-8/h1-5,10H,(H,11,12)(H,13,14). The third-order valence-electron chi connectivity index (χ3n) is 1.95. The molecule has 1 aromatic carbocycles. The van der Waals surface area contributed by atoms with Gasteiger partial charge in [0.1, 0.15) is 5.69 Å². The van der Waals surface area contributed by atoms with E-state index in [4.69, 9.17) is 4.55 Å². The maximum absolute atomic E-state index is 11.3. The number of hydrogen-bond donors (Lipinski definition) is 3. The second kappa shape index (κ2) is 3.84. The molecule has 5 nitrogen and oxygen atoms in total. The minimum Gasteiger partial charge on any atom is -0.351 e. The number of benzene rings is 1. The molecule has 0 bridgehead atoms. The number of rotatable bonds is 2. The van der Waals surface area contributed by atoms with Crippen molar-refractivity contribution in [2.24, 2.45) is 0 Å². The summed E-state index contributed by atoms with van der Waals surface area (Å²) in [6.45, 7) is 0. The maximum Gasteiger partial charge on any atom is 0.281 e. The van der Waals surface area contributed by atoms with Crippen LogP contribution in [0.3, 0.4) is 0 Å². The van der Waals surface area contributed by atoms with Gasteiger partial charge in [-0.3, -0.25) is 9.35 Å². The van der Waals surface area contributed by atoms with Gasteiger partial charge in [0, 0.05) is 10.9 Å². The van der Waals surface area contributed by atoms with Gasteiger partial charge in [-0.05, 0) is 12.1 Å². The molecule has 0 aliphatic rings. The maximum atomic E-state index is 11.3. The molecule has 1 aromatic heterocycles. The minimum atomic E-state index is -2.34. The monoisotopic (exact) mass is 224 g/mol. The molecule has 0 spiro atoms. The van der Waals surface area contributed by atoms with Gasteiger partial charge in [-0.25, -0.2) is 8.93 Å². The lowest BCUT2D eigenvalue weighted by molar-refractivity contribution is 0.0977. The molecule has 15 heavy (non-hydrogen) atoms. The zero-order valence-corrected chi connectivity index (χ0v) is 8.38. The summed E-state index contributed by atoms with van der Waals surface area (Å²) >= 11 is -2.34. The Kier molecular flexibility index (Phi) is 2.53. The van der Waals surface area contributed by atoms with Gasteiger partial charge in [0.25, 0.3) is 17.2 Å². The summed E-state index contributed by atoms with van der Waals surface area (Å²) in [6, 6.07) is 8.98. The lowest BCUT2D eigenvalue weighted by atomic mass is 10.2. The highest BCUT2D eigenvalue weighted by atomic mass is 32.2. The molecule has 0 saturated carbocycles. The first-order valence-corrected chi connectivity index (χ1v) is 5.27.